The Morgan fingerprint density at radius 1 is 1.09 bits per heavy atom. The molecule has 8 nitrogen and oxygen atoms in total. The second kappa shape index (κ2) is 13.0. The van der Waals surface area contributed by atoms with Crippen LogP contribution in [0.15, 0.2) is 58.1 Å². The minimum Gasteiger partial charge on any atom is -0.468 e. The summed E-state index contributed by atoms with van der Waals surface area (Å²) >= 11 is 0. The number of ether oxygens (including phenoxy) is 1. The second-order valence-corrected chi connectivity index (χ2v) is 9.97. The van der Waals surface area contributed by atoms with Crippen LogP contribution in [0.25, 0.3) is 6.08 Å². The van der Waals surface area contributed by atoms with Crippen molar-refractivity contribution in [1.29, 1.82) is 0 Å². The van der Waals surface area contributed by atoms with Gasteiger partial charge in [0.1, 0.15) is 5.76 Å². The Labute approximate surface area is 195 Å². The summed E-state index contributed by atoms with van der Waals surface area (Å²) in [5.74, 6) is 0.135. The van der Waals surface area contributed by atoms with Crippen LogP contribution in [0, 0.1) is 5.92 Å². The summed E-state index contributed by atoms with van der Waals surface area (Å²) in [5, 5.41) is 2.81. The van der Waals surface area contributed by atoms with Crippen molar-refractivity contribution in [3.05, 3.63) is 60.1 Å². The monoisotopic (exact) mass is 476 g/mol. The van der Waals surface area contributed by atoms with Crippen molar-refractivity contribution in [2.45, 2.75) is 57.5 Å². The molecule has 2 N–H and O–H groups in total. The summed E-state index contributed by atoms with van der Waals surface area (Å²) in [6.45, 7) is 5.95. The van der Waals surface area contributed by atoms with Crippen LogP contribution in [0.1, 0.15) is 51.4 Å². The minimum absolute atomic E-state index is 0.0221. The molecule has 1 aromatic heterocycles. The molecule has 1 aromatic carbocycles. The molecule has 0 bridgehead atoms. The molecule has 0 aliphatic carbocycles. The summed E-state index contributed by atoms with van der Waals surface area (Å²) in [6, 6.07) is 9.38. The van der Waals surface area contributed by atoms with E-state index in [-0.39, 0.29) is 30.0 Å². The van der Waals surface area contributed by atoms with Gasteiger partial charge in [-0.1, -0.05) is 38.8 Å². The fraction of sp³-hybridized carbons (Fsp3) is 0.417. The summed E-state index contributed by atoms with van der Waals surface area (Å²) < 4.78 is 37.2. The first-order chi connectivity index (χ1) is 15.7. The Morgan fingerprint density at radius 3 is 2.45 bits per heavy atom. The zero-order valence-corrected chi connectivity index (χ0v) is 20.1. The fourth-order valence-electron chi connectivity index (χ4n) is 2.99. The van der Waals surface area contributed by atoms with Crippen molar-refractivity contribution in [3.8, 4) is 0 Å². The molecule has 0 saturated carbocycles. The molecular formula is C24H32N2O6S. The first-order valence-electron chi connectivity index (χ1n) is 10.9. The van der Waals surface area contributed by atoms with Crippen molar-refractivity contribution >= 4 is 28.0 Å². The molecule has 2 aromatic rings. The first-order valence-corrected chi connectivity index (χ1v) is 12.4. The number of furan rings is 1. The van der Waals surface area contributed by atoms with E-state index < -0.39 is 16.0 Å². The number of sulfonamides is 1. The number of carbonyl (C=O) groups excluding carboxylic acids is 2. The van der Waals surface area contributed by atoms with Gasteiger partial charge in [0.05, 0.1) is 17.7 Å². The van der Waals surface area contributed by atoms with Crippen molar-refractivity contribution in [3.63, 3.8) is 0 Å². The fourth-order valence-corrected chi connectivity index (χ4v) is 3.98. The summed E-state index contributed by atoms with van der Waals surface area (Å²) in [6.07, 6.45) is 7.16. The molecule has 2 rings (SSSR count). The van der Waals surface area contributed by atoms with Crippen LogP contribution in [-0.2, 0) is 30.9 Å². The quantitative estimate of drug-likeness (QED) is 0.337. The number of hydrogen-bond acceptors (Lipinski definition) is 6. The second-order valence-electron chi connectivity index (χ2n) is 8.21. The van der Waals surface area contributed by atoms with Crippen LogP contribution in [0.5, 0.6) is 0 Å². The van der Waals surface area contributed by atoms with Crippen LogP contribution in [0.4, 0.5) is 0 Å². The van der Waals surface area contributed by atoms with Crippen LogP contribution < -0.4 is 10.0 Å². The lowest BCUT2D eigenvalue weighted by Crippen LogP contribution is -2.35. The average molecular weight is 477 g/mol. The van der Waals surface area contributed by atoms with Gasteiger partial charge in [0, 0.05) is 12.1 Å². The number of nitrogens with one attached hydrogen (secondary N) is 2. The maximum Gasteiger partial charge on any atom is 0.331 e. The molecule has 0 saturated heterocycles. The lowest BCUT2D eigenvalue weighted by atomic mass is 10.0. The largest absolute Gasteiger partial charge is 0.468 e. The van der Waals surface area contributed by atoms with Gasteiger partial charge in [-0.3, -0.25) is 4.79 Å². The van der Waals surface area contributed by atoms with Gasteiger partial charge in [0.2, 0.25) is 10.0 Å². The normalized spacial score (nSPS) is 12.7. The highest BCUT2D eigenvalue weighted by atomic mass is 32.2. The van der Waals surface area contributed by atoms with E-state index in [4.69, 9.17) is 9.15 Å². The van der Waals surface area contributed by atoms with E-state index in [0.717, 1.165) is 19.3 Å². The molecule has 0 radical (unpaired) electrons. The molecule has 180 valence electrons. The Bertz CT molecular complexity index is 1010. The van der Waals surface area contributed by atoms with Crippen LogP contribution in [-0.4, -0.2) is 32.9 Å². The molecule has 0 spiro atoms. The molecule has 1 atom stereocenters. The highest BCUT2D eigenvalue weighted by Crippen LogP contribution is 2.13. The van der Waals surface area contributed by atoms with Crippen molar-refractivity contribution in [2.75, 3.05) is 6.61 Å². The standard InChI is InChI=1S/C24H32N2O6S/c1-18(2)6-4-7-19(3)26-23(27)17-32-24(28)14-11-20-9-12-22(13-10-20)33(29,30)25-16-21-8-5-15-31-21/h5,8-15,18-19,25H,4,6-7,16-17H2,1-3H3,(H,26,27)/b14-11+. The molecule has 9 heteroatoms. The molecule has 1 unspecified atom stereocenters. The zero-order valence-electron chi connectivity index (χ0n) is 19.2. The Balaban J connectivity index is 1.76. The SMILES string of the molecule is CC(C)CCCC(C)NC(=O)COC(=O)/C=C/c1ccc(S(=O)(=O)NCc2ccco2)cc1. The van der Waals surface area contributed by atoms with Crippen LogP contribution in [0.3, 0.4) is 0 Å². The molecule has 33 heavy (non-hydrogen) atoms. The van der Waals surface area contributed by atoms with Gasteiger partial charge >= 0.3 is 5.97 Å². The van der Waals surface area contributed by atoms with Crippen LogP contribution >= 0.6 is 0 Å². The number of rotatable bonds is 13. The molecule has 0 aliphatic heterocycles. The molecule has 1 heterocycles. The summed E-state index contributed by atoms with van der Waals surface area (Å²) in [7, 11) is -3.69. The van der Waals surface area contributed by atoms with Gasteiger partial charge in [0.25, 0.3) is 5.91 Å². The van der Waals surface area contributed by atoms with Gasteiger partial charge in [-0.25, -0.2) is 17.9 Å². The number of carbonyl (C=O) groups is 2. The van der Waals surface area contributed by atoms with E-state index in [1.807, 2.05) is 6.92 Å². The zero-order chi connectivity index (χ0) is 24.3. The minimum atomic E-state index is -3.69. The summed E-state index contributed by atoms with van der Waals surface area (Å²) in [4.78, 5) is 23.9. The van der Waals surface area contributed by atoms with Crippen LogP contribution in [0.2, 0.25) is 0 Å². The molecular weight excluding hydrogens is 444 g/mol. The molecule has 0 aliphatic rings. The van der Waals surface area contributed by atoms with E-state index in [1.165, 1.54) is 30.5 Å². The van der Waals surface area contributed by atoms with Gasteiger partial charge in [-0.15, -0.1) is 0 Å². The smallest absolute Gasteiger partial charge is 0.331 e. The van der Waals surface area contributed by atoms with Crippen molar-refractivity contribution < 1.29 is 27.2 Å². The predicted octanol–water partition coefficient (Wildman–Crippen LogP) is 3.65. The van der Waals surface area contributed by atoms with E-state index in [0.29, 0.717) is 17.2 Å². The Morgan fingerprint density at radius 2 is 1.82 bits per heavy atom. The number of esters is 1. The van der Waals surface area contributed by atoms with E-state index in [2.05, 4.69) is 23.9 Å². The molecule has 1 amide bonds. The lowest BCUT2D eigenvalue weighted by molar-refractivity contribution is -0.144. The Kier molecular flexibility index (Phi) is 10.3. The van der Waals surface area contributed by atoms with E-state index in [9.17, 15) is 18.0 Å². The third-order valence-corrected chi connectivity index (χ3v) is 6.21. The third-order valence-electron chi connectivity index (χ3n) is 4.79. The van der Waals surface area contributed by atoms with Crippen molar-refractivity contribution in [1.82, 2.24) is 10.0 Å². The maximum atomic E-state index is 12.3. The van der Waals surface area contributed by atoms with Gasteiger partial charge in [-0.2, -0.15) is 0 Å². The molecule has 0 fully saturated rings. The average Bonchev–Trinajstić information content (AvgIpc) is 3.29. The lowest BCUT2D eigenvalue weighted by Gasteiger charge is -2.14. The predicted molar refractivity (Wildman–Crippen MR) is 125 cm³/mol. The van der Waals surface area contributed by atoms with E-state index >= 15 is 0 Å². The van der Waals surface area contributed by atoms with Gasteiger partial charge < -0.3 is 14.5 Å². The highest BCUT2D eigenvalue weighted by Gasteiger charge is 2.14. The van der Waals surface area contributed by atoms with Crippen molar-refractivity contribution in [2.24, 2.45) is 5.92 Å². The van der Waals surface area contributed by atoms with Gasteiger partial charge in [-0.05, 0) is 55.2 Å². The van der Waals surface area contributed by atoms with E-state index in [1.54, 1.807) is 24.3 Å². The summed E-state index contributed by atoms with van der Waals surface area (Å²) in [5.41, 5.74) is 0.611. The third kappa shape index (κ3) is 10.0. The highest BCUT2D eigenvalue weighted by molar-refractivity contribution is 7.89. The Hall–Kier alpha value is -2.91. The topological polar surface area (TPSA) is 115 Å². The number of amides is 1. The number of benzene rings is 1. The first kappa shape index (κ1) is 26.3. The maximum absolute atomic E-state index is 12.3. The van der Waals surface area contributed by atoms with Gasteiger partial charge in [0.15, 0.2) is 6.61 Å². The number of hydrogen-bond donors (Lipinski definition) is 2.